The van der Waals surface area contributed by atoms with Crippen molar-refractivity contribution in [3.8, 4) is 0 Å². The topological polar surface area (TPSA) is 107 Å². The number of ether oxygens (including phenoxy) is 1. The molecular weight excluding hydrogens is 336 g/mol. The lowest BCUT2D eigenvalue weighted by Crippen LogP contribution is -2.85. The van der Waals surface area contributed by atoms with Crippen LogP contribution in [0.3, 0.4) is 0 Å². The molecular formula is C20H28O6. The van der Waals surface area contributed by atoms with Crippen molar-refractivity contribution < 1.29 is 30.0 Å². The van der Waals surface area contributed by atoms with Crippen LogP contribution in [0.2, 0.25) is 0 Å². The van der Waals surface area contributed by atoms with Crippen molar-refractivity contribution in [2.24, 2.45) is 34.0 Å². The van der Waals surface area contributed by atoms with E-state index in [2.05, 4.69) is 6.58 Å². The van der Waals surface area contributed by atoms with Gasteiger partial charge in [-0.2, -0.15) is 0 Å². The van der Waals surface area contributed by atoms with Crippen LogP contribution in [-0.4, -0.2) is 56.9 Å². The molecule has 2 spiro atoms. The Balaban J connectivity index is 1.81. The van der Waals surface area contributed by atoms with Crippen LogP contribution in [0.4, 0.5) is 0 Å². The summed E-state index contributed by atoms with van der Waals surface area (Å²) in [6.07, 6.45) is -0.747. The maximum atomic E-state index is 13.3. The molecule has 2 saturated heterocycles. The second-order valence-electron chi connectivity index (χ2n) is 9.97. The highest BCUT2D eigenvalue weighted by Crippen LogP contribution is 2.76. The highest BCUT2D eigenvalue weighted by molar-refractivity contribution is 6.05. The molecule has 6 heteroatoms. The summed E-state index contributed by atoms with van der Waals surface area (Å²) in [6.45, 7) is 8.07. The zero-order valence-electron chi connectivity index (χ0n) is 15.3. The van der Waals surface area contributed by atoms with Crippen molar-refractivity contribution in [2.75, 3.05) is 6.61 Å². The van der Waals surface area contributed by atoms with E-state index in [1.54, 1.807) is 0 Å². The van der Waals surface area contributed by atoms with Gasteiger partial charge in [0.2, 0.25) is 5.79 Å². The zero-order valence-corrected chi connectivity index (χ0v) is 15.3. The molecule has 9 atom stereocenters. The van der Waals surface area contributed by atoms with Crippen LogP contribution in [0, 0.1) is 34.0 Å². The lowest BCUT2D eigenvalue weighted by Gasteiger charge is -2.74. The number of carbonyl (C=O) groups excluding carboxylic acids is 1. The number of ketones is 1. The number of hydrogen-bond donors (Lipinski definition) is 4. The Morgan fingerprint density at radius 2 is 1.81 bits per heavy atom. The molecule has 0 aromatic heterocycles. The third-order valence-corrected chi connectivity index (χ3v) is 8.88. The van der Waals surface area contributed by atoms with Gasteiger partial charge >= 0.3 is 0 Å². The van der Waals surface area contributed by atoms with Crippen molar-refractivity contribution in [3.05, 3.63) is 12.2 Å². The van der Waals surface area contributed by atoms with Crippen molar-refractivity contribution in [3.63, 3.8) is 0 Å². The molecule has 0 aromatic rings. The monoisotopic (exact) mass is 364 g/mol. The maximum Gasteiger partial charge on any atom is 0.208 e. The number of hydrogen-bond acceptors (Lipinski definition) is 6. The van der Waals surface area contributed by atoms with Crippen molar-refractivity contribution in [1.82, 2.24) is 0 Å². The lowest BCUT2D eigenvalue weighted by atomic mass is 9.35. The van der Waals surface area contributed by atoms with Crippen molar-refractivity contribution >= 4 is 5.78 Å². The fraction of sp³-hybridized carbons (Fsp3) is 0.850. The maximum absolute atomic E-state index is 13.3. The molecule has 144 valence electrons. The van der Waals surface area contributed by atoms with Crippen LogP contribution in [-0.2, 0) is 9.53 Å². The van der Waals surface area contributed by atoms with Gasteiger partial charge in [-0.1, -0.05) is 20.4 Å². The Hall–Kier alpha value is -0.790. The van der Waals surface area contributed by atoms with Crippen LogP contribution in [0.5, 0.6) is 0 Å². The Morgan fingerprint density at radius 3 is 2.50 bits per heavy atom. The summed E-state index contributed by atoms with van der Waals surface area (Å²) >= 11 is 0. The fourth-order valence-corrected chi connectivity index (χ4v) is 7.90. The number of carbonyl (C=O) groups is 1. The lowest BCUT2D eigenvalue weighted by molar-refractivity contribution is -0.458. The van der Waals surface area contributed by atoms with Gasteiger partial charge in [0, 0.05) is 17.3 Å². The van der Waals surface area contributed by atoms with Gasteiger partial charge in [0.15, 0.2) is 5.78 Å². The van der Waals surface area contributed by atoms with E-state index in [9.17, 15) is 25.2 Å². The molecule has 6 rings (SSSR count). The van der Waals surface area contributed by atoms with Gasteiger partial charge in [0.05, 0.1) is 18.8 Å². The second kappa shape index (κ2) is 4.61. The summed E-state index contributed by atoms with van der Waals surface area (Å²) in [7, 11) is 0. The van der Waals surface area contributed by atoms with Gasteiger partial charge in [-0.3, -0.25) is 4.79 Å². The molecule has 26 heavy (non-hydrogen) atoms. The average Bonchev–Trinajstić information content (AvgIpc) is 2.69. The Bertz CT molecular complexity index is 717. The predicted octanol–water partition coefficient (Wildman–Crippen LogP) is 0.376. The molecule has 4 aliphatic carbocycles. The molecule has 4 saturated carbocycles. The molecule has 6 fully saturated rings. The van der Waals surface area contributed by atoms with Gasteiger partial charge < -0.3 is 25.2 Å². The number of fused-ring (bicyclic) bond motifs is 2. The Kier molecular flexibility index (Phi) is 3.07. The minimum Gasteiger partial charge on any atom is -0.392 e. The van der Waals surface area contributed by atoms with Gasteiger partial charge in [-0.05, 0) is 42.6 Å². The first-order valence-electron chi connectivity index (χ1n) is 9.71. The van der Waals surface area contributed by atoms with Crippen LogP contribution in [0.25, 0.3) is 0 Å². The SMILES string of the molecule is C=C1C(=O)[C@@]23C(O)[C@@H]1CCC2[C@]12COC3(O)[C@@H](O)C1C(C)(C)CCC2O. The van der Waals surface area contributed by atoms with Crippen LogP contribution >= 0.6 is 0 Å². The number of rotatable bonds is 0. The minimum absolute atomic E-state index is 0.0966. The first-order valence-corrected chi connectivity index (χ1v) is 9.71. The molecule has 0 radical (unpaired) electrons. The number of aliphatic hydroxyl groups is 4. The Morgan fingerprint density at radius 1 is 1.12 bits per heavy atom. The molecule has 0 amide bonds. The molecule has 2 heterocycles. The summed E-state index contributed by atoms with van der Waals surface area (Å²) in [5, 5.41) is 45.1. The fourth-order valence-electron chi connectivity index (χ4n) is 7.90. The van der Waals surface area contributed by atoms with Gasteiger partial charge in [-0.25, -0.2) is 0 Å². The van der Waals surface area contributed by atoms with E-state index in [-0.39, 0.29) is 12.0 Å². The molecule has 6 nitrogen and oxygen atoms in total. The van der Waals surface area contributed by atoms with E-state index in [1.807, 2.05) is 13.8 Å². The zero-order chi connectivity index (χ0) is 18.9. The summed E-state index contributed by atoms with van der Waals surface area (Å²) in [6, 6.07) is 0. The summed E-state index contributed by atoms with van der Waals surface area (Å²) in [4.78, 5) is 13.3. The van der Waals surface area contributed by atoms with Crippen LogP contribution in [0.15, 0.2) is 12.2 Å². The standard InChI is InChI=1S/C20H28O6/c1-9-10-4-5-11-18-8-26-20(25,19(11,14(9)22)15(10)23)16(24)13(18)17(2,3)7-6-12(18)21/h10-13,15-16,21,23-25H,1,4-8H2,2-3H3/t10-,11?,12?,13?,15?,16+,18+,19-,20?/m1/s1. The molecule has 6 aliphatic rings. The molecule has 5 unspecified atom stereocenters. The minimum atomic E-state index is -2.15. The van der Waals surface area contributed by atoms with E-state index in [0.29, 0.717) is 24.8 Å². The van der Waals surface area contributed by atoms with Gasteiger partial charge in [0.25, 0.3) is 0 Å². The molecule has 0 aromatic carbocycles. The van der Waals surface area contributed by atoms with E-state index >= 15 is 0 Å². The van der Waals surface area contributed by atoms with Crippen molar-refractivity contribution in [2.45, 2.75) is 63.6 Å². The Labute approximate surface area is 152 Å². The normalized spacial score (nSPS) is 59.9. The first-order chi connectivity index (χ1) is 12.1. The van der Waals surface area contributed by atoms with Gasteiger partial charge in [-0.15, -0.1) is 0 Å². The third-order valence-electron chi connectivity index (χ3n) is 8.88. The van der Waals surface area contributed by atoms with Crippen LogP contribution in [0.1, 0.15) is 39.5 Å². The highest BCUT2D eigenvalue weighted by atomic mass is 16.6. The van der Waals surface area contributed by atoms with Crippen LogP contribution < -0.4 is 0 Å². The van der Waals surface area contributed by atoms with E-state index in [0.717, 1.165) is 6.42 Å². The largest absolute Gasteiger partial charge is 0.392 e. The summed E-state index contributed by atoms with van der Waals surface area (Å²) in [5.41, 5.74) is -2.49. The number of Topliss-reactive ketones (excluding diaryl/α,β-unsaturated/α-hetero) is 1. The quantitative estimate of drug-likeness (QED) is 0.463. The third kappa shape index (κ3) is 1.41. The highest BCUT2D eigenvalue weighted by Gasteiger charge is 2.86. The smallest absolute Gasteiger partial charge is 0.208 e. The predicted molar refractivity (Wildman–Crippen MR) is 90.7 cm³/mol. The van der Waals surface area contributed by atoms with Gasteiger partial charge in [0.1, 0.15) is 11.5 Å². The van der Waals surface area contributed by atoms with E-state index in [1.165, 1.54) is 0 Å². The summed E-state index contributed by atoms with van der Waals surface area (Å²) < 4.78 is 5.80. The second-order valence-corrected chi connectivity index (χ2v) is 9.97. The van der Waals surface area contributed by atoms with E-state index < -0.39 is 58.5 Å². The number of aliphatic hydroxyl groups excluding tert-OH is 3. The van der Waals surface area contributed by atoms with Crippen molar-refractivity contribution in [1.29, 1.82) is 0 Å². The molecule has 4 bridgehead atoms. The van der Waals surface area contributed by atoms with E-state index in [4.69, 9.17) is 4.74 Å². The molecule has 2 aliphatic heterocycles. The molecule has 4 N–H and O–H groups in total. The summed E-state index contributed by atoms with van der Waals surface area (Å²) in [5.74, 6) is -3.80. The first kappa shape index (κ1) is 17.3. The average molecular weight is 364 g/mol.